The highest BCUT2D eigenvalue weighted by molar-refractivity contribution is 7.71. The molecule has 9 heteroatoms. The van der Waals surface area contributed by atoms with E-state index in [0.717, 1.165) is 34.4 Å². The molecular weight excluding hydrogens is 465 g/mol. The number of carbonyl (C=O) groups is 1. The molecule has 0 radical (unpaired) electrons. The Morgan fingerprint density at radius 2 is 1.89 bits per heavy atom. The first-order valence-electron chi connectivity index (χ1n) is 11.2. The highest BCUT2D eigenvalue weighted by Crippen LogP contribution is 2.17. The fourth-order valence-electron chi connectivity index (χ4n) is 4.23. The third-order valence-electron chi connectivity index (χ3n) is 5.94. The van der Waals surface area contributed by atoms with Crippen LogP contribution in [0.4, 0.5) is 4.39 Å². The van der Waals surface area contributed by atoms with Crippen LogP contribution in [0.1, 0.15) is 22.6 Å². The number of amides is 1. The monoisotopic (exact) mass is 487 g/mol. The van der Waals surface area contributed by atoms with E-state index in [1.54, 1.807) is 30.3 Å². The molecule has 35 heavy (non-hydrogen) atoms. The molecule has 5 rings (SSSR count). The lowest BCUT2D eigenvalue weighted by molar-refractivity contribution is 0.0953. The van der Waals surface area contributed by atoms with Gasteiger partial charge in [-0.25, -0.2) is 13.9 Å². The van der Waals surface area contributed by atoms with Crippen LogP contribution in [0.3, 0.4) is 0 Å². The Morgan fingerprint density at radius 3 is 2.71 bits per heavy atom. The third-order valence-corrected chi connectivity index (χ3v) is 6.23. The van der Waals surface area contributed by atoms with Crippen molar-refractivity contribution >= 4 is 40.1 Å². The molecule has 1 amide bonds. The van der Waals surface area contributed by atoms with Crippen LogP contribution < -0.4 is 10.9 Å². The van der Waals surface area contributed by atoms with Crippen LogP contribution in [0.2, 0.25) is 0 Å². The number of hydrogen-bond acceptors (Lipinski definition) is 4. The van der Waals surface area contributed by atoms with Gasteiger partial charge >= 0.3 is 0 Å². The second-order valence-electron chi connectivity index (χ2n) is 8.19. The number of nitrogens with one attached hydrogen (secondary N) is 2. The van der Waals surface area contributed by atoms with E-state index in [0.29, 0.717) is 23.0 Å². The van der Waals surface area contributed by atoms with Crippen LogP contribution in [0, 0.1) is 17.5 Å². The molecule has 0 saturated carbocycles. The maximum Gasteiger partial charge on any atom is 0.266 e. The van der Waals surface area contributed by atoms with Crippen molar-refractivity contribution < 1.29 is 9.18 Å². The van der Waals surface area contributed by atoms with Crippen molar-refractivity contribution in [1.82, 2.24) is 24.4 Å². The normalized spacial score (nSPS) is 11.3. The van der Waals surface area contributed by atoms with E-state index in [1.807, 2.05) is 31.2 Å². The van der Waals surface area contributed by atoms with Gasteiger partial charge in [0.05, 0.1) is 27.6 Å². The SMILES string of the molecule is Cc1nc2ccccc2n1CCCNC(=O)c1ccc2c(=O)n(-c3ccccc3F)c(=S)[nH]c2c1. The Hall–Kier alpha value is -4.11. The van der Waals surface area contributed by atoms with E-state index in [-0.39, 0.29) is 16.4 Å². The fourth-order valence-corrected chi connectivity index (χ4v) is 4.52. The van der Waals surface area contributed by atoms with Crippen molar-refractivity contribution in [3.8, 4) is 5.69 Å². The molecule has 0 atom stereocenters. The molecule has 0 aliphatic rings. The Morgan fingerprint density at radius 1 is 1.11 bits per heavy atom. The zero-order valence-electron chi connectivity index (χ0n) is 18.9. The summed E-state index contributed by atoms with van der Waals surface area (Å²) in [7, 11) is 0. The molecule has 0 aliphatic heterocycles. The first-order chi connectivity index (χ1) is 16.9. The number of hydrogen-bond donors (Lipinski definition) is 2. The molecule has 0 bridgehead atoms. The molecule has 0 spiro atoms. The fraction of sp³-hybridized carbons (Fsp3) is 0.154. The number of halogens is 1. The van der Waals surface area contributed by atoms with Gasteiger partial charge in [0.2, 0.25) is 0 Å². The van der Waals surface area contributed by atoms with E-state index in [9.17, 15) is 14.0 Å². The van der Waals surface area contributed by atoms with Crippen molar-refractivity contribution in [2.45, 2.75) is 19.9 Å². The number of aromatic amines is 1. The van der Waals surface area contributed by atoms with Gasteiger partial charge in [0, 0.05) is 18.7 Å². The summed E-state index contributed by atoms with van der Waals surface area (Å²) in [4.78, 5) is 33.3. The second kappa shape index (κ2) is 9.27. The summed E-state index contributed by atoms with van der Waals surface area (Å²) in [6.07, 6.45) is 0.732. The molecule has 2 aromatic heterocycles. The molecule has 0 unspecified atom stereocenters. The van der Waals surface area contributed by atoms with Gasteiger partial charge in [-0.15, -0.1) is 0 Å². The molecule has 2 N–H and O–H groups in total. The zero-order chi connectivity index (χ0) is 24.5. The predicted octanol–water partition coefficient (Wildman–Crippen LogP) is 4.67. The first-order valence-corrected chi connectivity index (χ1v) is 11.6. The largest absolute Gasteiger partial charge is 0.352 e. The molecule has 176 valence electrons. The Labute approximate surface area is 204 Å². The summed E-state index contributed by atoms with van der Waals surface area (Å²) in [5.41, 5.74) is 2.46. The van der Waals surface area contributed by atoms with Crippen LogP contribution in [0.25, 0.3) is 27.6 Å². The van der Waals surface area contributed by atoms with E-state index in [4.69, 9.17) is 12.2 Å². The Kier molecular flexibility index (Phi) is 6.00. The number of benzene rings is 3. The molecule has 7 nitrogen and oxygen atoms in total. The molecular formula is C26H22FN5O2S. The summed E-state index contributed by atoms with van der Waals surface area (Å²) in [6, 6.07) is 18.6. The van der Waals surface area contributed by atoms with Gasteiger partial charge in [-0.3, -0.25) is 9.59 Å². The summed E-state index contributed by atoms with van der Waals surface area (Å²) in [5, 5.41) is 3.23. The van der Waals surface area contributed by atoms with Gasteiger partial charge < -0.3 is 14.9 Å². The number of fused-ring (bicyclic) bond motifs is 2. The predicted molar refractivity (Wildman–Crippen MR) is 136 cm³/mol. The number of imidazole rings is 1. The lowest BCUT2D eigenvalue weighted by atomic mass is 10.1. The third kappa shape index (κ3) is 4.26. The lowest BCUT2D eigenvalue weighted by Crippen LogP contribution is -2.26. The average molecular weight is 488 g/mol. The maximum absolute atomic E-state index is 14.3. The highest BCUT2D eigenvalue weighted by Gasteiger charge is 2.13. The zero-order valence-corrected chi connectivity index (χ0v) is 19.7. The van der Waals surface area contributed by atoms with Gasteiger partial charge in [-0.1, -0.05) is 24.3 Å². The number of H-pyrrole nitrogens is 1. The number of carbonyl (C=O) groups excluding carboxylic acids is 1. The molecule has 0 saturated heterocycles. The lowest BCUT2D eigenvalue weighted by Gasteiger charge is -2.11. The topological polar surface area (TPSA) is 84.7 Å². The van der Waals surface area contributed by atoms with Gasteiger partial charge in [-0.05, 0) is 68.0 Å². The molecule has 5 aromatic rings. The number of nitrogens with zero attached hydrogens (tertiary/aromatic N) is 3. The van der Waals surface area contributed by atoms with Crippen molar-refractivity contribution in [1.29, 1.82) is 0 Å². The number of aromatic nitrogens is 4. The summed E-state index contributed by atoms with van der Waals surface area (Å²) in [6.45, 7) is 3.18. The smallest absolute Gasteiger partial charge is 0.266 e. The van der Waals surface area contributed by atoms with Crippen LogP contribution in [0.5, 0.6) is 0 Å². The van der Waals surface area contributed by atoms with Crippen LogP contribution in [-0.2, 0) is 6.54 Å². The second-order valence-corrected chi connectivity index (χ2v) is 8.58. The van der Waals surface area contributed by atoms with Crippen molar-refractivity contribution in [2.75, 3.05) is 6.54 Å². The first kappa shape index (κ1) is 22.7. The van der Waals surface area contributed by atoms with Gasteiger partial charge in [-0.2, -0.15) is 0 Å². The minimum atomic E-state index is -0.552. The van der Waals surface area contributed by atoms with E-state index in [2.05, 4.69) is 19.9 Å². The number of para-hydroxylation sites is 3. The van der Waals surface area contributed by atoms with Crippen LogP contribution in [-0.4, -0.2) is 31.6 Å². The number of aryl methyl sites for hydroxylation is 2. The Balaban J connectivity index is 1.32. The van der Waals surface area contributed by atoms with Crippen LogP contribution >= 0.6 is 12.2 Å². The van der Waals surface area contributed by atoms with Gasteiger partial charge in [0.25, 0.3) is 11.5 Å². The van der Waals surface area contributed by atoms with E-state index in [1.165, 1.54) is 12.1 Å². The van der Waals surface area contributed by atoms with E-state index < -0.39 is 11.4 Å². The highest BCUT2D eigenvalue weighted by atomic mass is 32.1. The number of rotatable bonds is 6. The van der Waals surface area contributed by atoms with Gasteiger partial charge in [0.15, 0.2) is 4.77 Å². The summed E-state index contributed by atoms with van der Waals surface area (Å²) < 4.78 is 17.6. The van der Waals surface area contributed by atoms with E-state index >= 15 is 0 Å². The van der Waals surface area contributed by atoms with Gasteiger partial charge in [0.1, 0.15) is 11.6 Å². The molecule has 0 aliphatic carbocycles. The van der Waals surface area contributed by atoms with Crippen LogP contribution in [0.15, 0.2) is 71.5 Å². The average Bonchev–Trinajstić information content (AvgIpc) is 3.17. The maximum atomic E-state index is 14.3. The molecule has 0 fully saturated rings. The van der Waals surface area contributed by atoms with Crippen molar-refractivity contribution in [3.63, 3.8) is 0 Å². The quantitative estimate of drug-likeness (QED) is 0.269. The molecule has 3 aromatic carbocycles. The minimum Gasteiger partial charge on any atom is -0.352 e. The Bertz CT molecular complexity index is 1700. The van der Waals surface area contributed by atoms with Crippen molar-refractivity contribution in [2.24, 2.45) is 0 Å². The summed E-state index contributed by atoms with van der Waals surface area (Å²) >= 11 is 5.32. The molecule has 2 heterocycles. The summed E-state index contributed by atoms with van der Waals surface area (Å²) in [5.74, 6) is 0.128. The van der Waals surface area contributed by atoms with Crippen molar-refractivity contribution in [3.05, 3.63) is 99.1 Å². The standard InChI is InChI=1S/C26H22FN5O2S/c1-16-29-20-8-3-5-10-23(20)31(16)14-6-13-28-24(33)17-11-12-18-21(15-17)30-26(35)32(25(18)34)22-9-4-2-7-19(22)27/h2-5,7-12,15H,6,13-14H2,1H3,(H,28,33)(H,30,35). The minimum absolute atomic E-state index is 0.0492.